The maximum Gasteiger partial charge on any atom is 0.290 e. The van der Waals surface area contributed by atoms with E-state index < -0.39 is 0 Å². The zero-order valence-corrected chi connectivity index (χ0v) is 19.7. The molecular formula is C24H32N6O3. The number of hydrogen-bond donors (Lipinski definition) is 4. The van der Waals surface area contributed by atoms with Crippen LogP contribution in [0.2, 0.25) is 0 Å². The number of piperidine rings is 1. The summed E-state index contributed by atoms with van der Waals surface area (Å²) in [6, 6.07) is 5.88. The smallest absolute Gasteiger partial charge is 0.290 e. The molecule has 1 fully saturated rings. The van der Waals surface area contributed by atoms with Crippen molar-refractivity contribution < 1.29 is 15.0 Å². The Hall–Kier alpha value is -3.46. The van der Waals surface area contributed by atoms with Gasteiger partial charge in [-0.25, -0.2) is 4.98 Å². The maximum absolute atomic E-state index is 10.5. The molecule has 0 aliphatic carbocycles. The first-order valence-electron chi connectivity index (χ1n) is 10.8. The fraction of sp³-hybridized carbons (Fsp3) is 0.417. The van der Waals surface area contributed by atoms with Crippen LogP contribution in [0, 0.1) is 0 Å². The van der Waals surface area contributed by atoms with Gasteiger partial charge in [-0.1, -0.05) is 6.07 Å². The summed E-state index contributed by atoms with van der Waals surface area (Å²) < 4.78 is 1.74. The molecule has 4 N–H and O–H groups in total. The Bertz CT molecular complexity index is 1080. The largest absolute Gasteiger partial charge is 0.507 e. The van der Waals surface area contributed by atoms with Crippen LogP contribution in [0.15, 0.2) is 43.0 Å². The number of aromatic nitrogens is 4. The highest BCUT2D eigenvalue weighted by atomic mass is 16.3. The maximum atomic E-state index is 10.5. The van der Waals surface area contributed by atoms with E-state index >= 15 is 0 Å². The second-order valence-corrected chi connectivity index (χ2v) is 9.67. The molecule has 1 aliphatic heterocycles. The molecule has 0 unspecified atom stereocenters. The lowest BCUT2D eigenvalue weighted by atomic mass is 9.79. The average molecular weight is 453 g/mol. The number of carboxylic acid groups (broad SMARTS) is 1. The number of carbonyl (C=O) groups is 1. The van der Waals surface area contributed by atoms with Gasteiger partial charge in [0.05, 0.1) is 24.3 Å². The Morgan fingerprint density at radius 2 is 1.76 bits per heavy atom. The third-order valence-electron chi connectivity index (χ3n) is 5.51. The predicted molar refractivity (Wildman–Crippen MR) is 128 cm³/mol. The highest BCUT2D eigenvalue weighted by molar-refractivity contribution is 5.73. The van der Waals surface area contributed by atoms with Gasteiger partial charge in [-0.3, -0.25) is 14.5 Å². The highest BCUT2D eigenvalue weighted by Crippen LogP contribution is 2.33. The first kappa shape index (κ1) is 24.2. The number of anilines is 1. The fourth-order valence-electron chi connectivity index (χ4n) is 4.67. The van der Waals surface area contributed by atoms with Crippen LogP contribution in [0.1, 0.15) is 40.5 Å². The summed E-state index contributed by atoms with van der Waals surface area (Å²) >= 11 is 0. The number of aryl methyl sites for hydroxylation is 1. The molecule has 176 valence electrons. The van der Waals surface area contributed by atoms with Crippen molar-refractivity contribution in [3.63, 3.8) is 0 Å². The zero-order chi connectivity index (χ0) is 24.2. The summed E-state index contributed by atoms with van der Waals surface area (Å²) in [5, 5.41) is 28.8. The molecule has 0 amide bonds. The van der Waals surface area contributed by atoms with Gasteiger partial charge in [-0.05, 0) is 58.2 Å². The van der Waals surface area contributed by atoms with Crippen molar-refractivity contribution in [2.75, 3.05) is 5.32 Å². The SMILES string of the molecule is Cn1cc(-c2ccc(-c3cnc(NC4CC(C)(C)NC(C)(C)C4)cn3)c(O)c2)cn1.O=CO. The number of aromatic hydroxyl groups is 1. The van der Waals surface area contributed by atoms with E-state index in [2.05, 4.69) is 53.4 Å². The van der Waals surface area contributed by atoms with E-state index in [1.54, 1.807) is 29.3 Å². The Labute approximate surface area is 193 Å². The normalized spacial score (nSPS) is 17.0. The first-order valence-corrected chi connectivity index (χ1v) is 10.8. The number of phenols is 1. The van der Waals surface area contributed by atoms with Crippen LogP contribution < -0.4 is 10.6 Å². The minimum atomic E-state index is -0.250. The zero-order valence-electron chi connectivity index (χ0n) is 19.7. The Balaban J connectivity index is 0.000000968. The molecule has 1 aromatic carbocycles. The number of rotatable bonds is 4. The Kier molecular flexibility index (Phi) is 7.02. The molecule has 9 heteroatoms. The Morgan fingerprint density at radius 1 is 1.09 bits per heavy atom. The number of nitrogens with zero attached hydrogens (tertiary/aromatic N) is 4. The second kappa shape index (κ2) is 9.58. The van der Waals surface area contributed by atoms with Gasteiger partial charge in [0.15, 0.2) is 0 Å². The van der Waals surface area contributed by atoms with E-state index in [4.69, 9.17) is 9.90 Å². The molecule has 0 radical (unpaired) electrons. The van der Waals surface area contributed by atoms with Crippen LogP contribution in [-0.2, 0) is 11.8 Å². The highest BCUT2D eigenvalue weighted by Gasteiger charge is 2.37. The molecule has 4 rings (SSSR count). The standard InChI is InChI=1S/C23H30N6O.CH2O2/c1-22(2)9-17(10-23(3,4)28-22)27-21-13-24-19(12-25-21)18-7-6-15(8-20(18)30)16-11-26-29(5)14-16;2-1-3/h6-8,11-14,17,28,30H,9-10H2,1-5H3,(H,25,27);1H,(H,2,3). The Morgan fingerprint density at radius 3 is 2.27 bits per heavy atom. The average Bonchev–Trinajstić information content (AvgIpc) is 3.13. The summed E-state index contributed by atoms with van der Waals surface area (Å²) in [6.45, 7) is 8.68. The summed E-state index contributed by atoms with van der Waals surface area (Å²) in [6.07, 6.45) is 9.16. The number of hydrogen-bond acceptors (Lipinski definition) is 7. The molecular weight excluding hydrogens is 420 g/mol. The minimum absolute atomic E-state index is 0.0641. The molecule has 0 spiro atoms. The van der Waals surface area contributed by atoms with Gasteiger partial charge in [-0.15, -0.1) is 0 Å². The number of benzene rings is 1. The molecule has 1 saturated heterocycles. The van der Waals surface area contributed by atoms with Gasteiger partial charge < -0.3 is 20.8 Å². The van der Waals surface area contributed by atoms with Gasteiger partial charge in [0.25, 0.3) is 6.47 Å². The van der Waals surface area contributed by atoms with E-state index in [9.17, 15) is 5.11 Å². The van der Waals surface area contributed by atoms with Gasteiger partial charge in [0, 0.05) is 41.5 Å². The molecule has 0 atom stereocenters. The van der Waals surface area contributed by atoms with Crippen LogP contribution in [0.4, 0.5) is 5.82 Å². The summed E-state index contributed by atoms with van der Waals surface area (Å²) in [5.74, 6) is 0.928. The molecule has 2 aromatic heterocycles. The van der Waals surface area contributed by atoms with Crippen molar-refractivity contribution in [1.82, 2.24) is 25.1 Å². The molecule has 3 heterocycles. The summed E-state index contributed by atoms with van der Waals surface area (Å²) in [5.41, 5.74) is 3.29. The lowest BCUT2D eigenvalue weighted by Crippen LogP contribution is -2.60. The summed E-state index contributed by atoms with van der Waals surface area (Å²) in [7, 11) is 1.87. The van der Waals surface area contributed by atoms with E-state index in [1.807, 2.05) is 25.4 Å². The third kappa shape index (κ3) is 6.29. The van der Waals surface area contributed by atoms with Crippen molar-refractivity contribution in [3.8, 4) is 28.1 Å². The number of nitrogens with one attached hydrogen (secondary N) is 2. The first-order chi connectivity index (χ1) is 15.5. The van der Waals surface area contributed by atoms with Crippen LogP contribution in [0.25, 0.3) is 22.4 Å². The van der Waals surface area contributed by atoms with Gasteiger partial charge in [0.1, 0.15) is 11.6 Å². The number of phenolic OH excluding ortho intramolecular Hbond substituents is 1. The van der Waals surface area contributed by atoms with E-state index in [0.29, 0.717) is 17.3 Å². The van der Waals surface area contributed by atoms with Gasteiger partial charge in [0.2, 0.25) is 0 Å². The second-order valence-electron chi connectivity index (χ2n) is 9.67. The molecule has 9 nitrogen and oxygen atoms in total. The molecule has 1 aliphatic rings. The monoisotopic (exact) mass is 452 g/mol. The quantitative estimate of drug-likeness (QED) is 0.442. The van der Waals surface area contributed by atoms with Gasteiger partial charge >= 0.3 is 0 Å². The topological polar surface area (TPSA) is 125 Å². The van der Waals surface area contributed by atoms with E-state index in [0.717, 1.165) is 29.8 Å². The lowest BCUT2D eigenvalue weighted by molar-refractivity contribution is -0.122. The molecule has 0 bridgehead atoms. The van der Waals surface area contributed by atoms with Crippen molar-refractivity contribution in [2.24, 2.45) is 7.05 Å². The fourth-order valence-corrected chi connectivity index (χ4v) is 4.67. The van der Waals surface area contributed by atoms with Crippen molar-refractivity contribution in [3.05, 3.63) is 43.0 Å². The van der Waals surface area contributed by atoms with Crippen molar-refractivity contribution >= 4 is 12.3 Å². The lowest BCUT2D eigenvalue weighted by Gasteiger charge is -2.46. The van der Waals surface area contributed by atoms with E-state index in [1.165, 1.54) is 0 Å². The molecule has 33 heavy (non-hydrogen) atoms. The van der Waals surface area contributed by atoms with Gasteiger partial charge in [-0.2, -0.15) is 5.10 Å². The van der Waals surface area contributed by atoms with Crippen LogP contribution in [0.5, 0.6) is 5.75 Å². The summed E-state index contributed by atoms with van der Waals surface area (Å²) in [4.78, 5) is 17.4. The molecule has 0 saturated carbocycles. The minimum Gasteiger partial charge on any atom is -0.507 e. The van der Waals surface area contributed by atoms with Crippen LogP contribution in [-0.4, -0.2) is 53.6 Å². The van der Waals surface area contributed by atoms with Crippen LogP contribution in [0.3, 0.4) is 0 Å². The van der Waals surface area contributed by atoms with Crippen LogP contribution >= 0.6 is 0 Å². The third-order valence-corrected chi connectivity index (χ3v) is 5.51. The molecule has 3 aromatic rings. The van der Waals surface area contributed by atoms with Crippen molar-refractivity contribution in [2.45, 2.75) is 57.7 Å². The van der Waals surface area contributed by atoms with E-state index in [-0.39, 0.29) is 23.3 Å². The predicted octanol–water partition coefficient (Wildman–Crippen LogP) is 3.67. The van der Waals surface area contributed by atoms with Crippen molar-refractivity contribution in [1.29, 1.82) is 0 Å².